The van der Waals surface area contributed by atoms with Gasteiger partial charge in [-0.25, -0.2) is 5.43 Å². The van der Waals surface area contributed by atoms with E-state index in [1.807, 2.05) is 13.0 Å². The molecule has 0 atom stereocenters. The molecule has 0 aromatic heterocycles. The lowest BCUT2D eigenvalue weighted by atomic mass is 10.1. The zero-order valence-corrected chi connectivity index (χ0v) is 11.4. The molecule has 0 aliphatic heterocycles. The fourth-order valence-electron chi connectivity index (χ4n) is 1.68. The van der Waals surface area contributed by atoms with Crippen molar-refractivity contribution in [2.24, 2.45) is 11.0 Å². The van der Waals surface area contributed by atoms with Crippen LogP contribution in [0.3, 0.4) is 0 Å². The maximum atomic E-state index is 11.9. The van der Waals surface area contributed by atoms with Gasteiger partial charge < -0.3 is 4.74 Å². The fourth-order valence-corrected chi connectivity index (χ4v) is 1.68. The molecule has 1 aromatic rings. The Morgan fingerprint density at radius 3 is 2.67 bits per heavy atom. The molecule has 18 heavy (non-hydrogen) atoms. The highest BCUT2D eigenvalue weighted by atomic mass is 16.5. The second-order valence-electron chi connectivity index (χ2n) is 4.59. The predicted octanol–water partition coefficient (Wildman–Crippen LogP) is 2.85. The standard InChI is InChI=1S/C14H20N2O2/c1-10(2)9-11(3)15-16-14(17)12-7-5-6-8-13(12)18-4/h5-8,10H,9H2,1-4H3,(H,16,17)/b15-11+. The topological polar surface area (TPSA) is 50.7 Å². The summed E-state index contributed by atoms with van der Waals surface area (Å²) in [5.41, 5.74) is 3.95. The third kappa shape index (κ3) is 4.20. The van der Waals surface area contributed by atoms with Crippen molar-refractivity contribution >= 4 is 11.6 Å². The monoisotopic (exact) mass is 248 g/mol. The van der Waals surface area contributed by atoms with Crippen molar-refractivity contribution < 1.29 is 9.53 Å². The van der Waals surface area contributed by atoms with Crippen LogP contribution in [0.2, 0.25) is 0 Å². The summed E-state index contributed by atoms with van der Waals surface area (Å²) in [7, 11) is 1.54. The molecule has 0 aliphatic carbocycles. The molecule has 0 aliphatic rings. The molecule has 1 rings (SSSR count). The van der Waals surface area contributed by atoms with E-state index < -0.39 is 0 Å². The van der Waals surface area contributed by atoms with E-state index in [0.29, 0.717) is 17.2 Å². The van der Waals surface area contributed by atoms with Gasteiger partial charge in [0, 0.05) is 5.71 Å². The highest BCUT2D eigenvalue weighted by Crippen LogP contribution is 2.16. The molecule has 1 N–H and O–H groups in total. The van der Waals surface area contributed by atoms with Crippen molar-refractivity contribution in [3.8, 4) is 5.75 Å². The lowest BCUT2D eigenvalue weighted by molar-refractivity contribution is 0.0951. The first-order valence-electron chi connectivity index (χ1n) is 6.01. The van der Waals surface area contributed by atoms with Crippen molar-refractivity contribution in [2.45, 2.75) is 27.2 Å². The smallest absolute Gasteiger partial charge is 0.275 e. The first-order chi connectivity index (χ1) is 8.54. The predicted molar refractivity (Wildman–Crippen MR) is 73.0 cm³/mol. The minimum atomic E-state index is -0.254. The molecule has 0 fully saturated rings. The van der Waals surface area contributed by atoms with Crippen LogP contribution >= 0.6 is 0 Å². The summed E-state index contributed by atoms with van der Waals surface area (Å²) in [6.45, 7) is 6.13. The largest absolute Gasteiger partial charge is 0.496 e. The lowest BCUT2D eigenvalue weighted by Gasteiger charge is -2.07. The zero-order chi connectivity index (χ0) is 13.5. The zero-order valence-electron chi connectivity index (χ0n) is 11.4. The van der Waals surface area contributed by atoms with Crippen LogP contribution in [0.25, 0.3) is 0 Å². The molecular formula is C14H20N2O2. The van der Waals surface area contributed by atoms with Crippen LogP contribution in [0.1, 0.15) is 37.6 Å². The first-order valence-corrected chi connectivity index (χ1v) is 6.01. The molecule has 0 saturated carbocycles. The summed E-state index contributed by atoms with van der Waals surface area (Å²) in [5, 5.41) is 4.08. The van der Waals surface area contributed by atoms with Crippen LogP contribution in [0.15, 0.2) is 29.4 Å². The highest BCUT2D eigenvalue weighted by molar-refractivity contribution is 5.97. The third-order valence-corrected chi connectivity index (χ3v) is 2.40. The minimum absolute atomic E-state index is 0.254. The van der Waals surface area contributed by atoms with Gasteiger partial charge in [-0.05, 0) is 31.4 Å². The third-order valence-electron chi connectivity index (χ3n) is 2.40. The first kappa shape index (κ1) is 14.2. The van der Waals surface area contributed by atoms with E-state index in [9.17, 15) is 4.79 Å². The Hall–Kier alpha value is -1.84. The number of rotatable bonds is 5. The molecule has 4 nitrogen and oxygen atoms in total. The molecule has 0 unspecified atom stereocenters. The van der Waals surface area contributed by atoms with E-state index in [-0.39, 0.29) is 5.91 Å². The van der Waals surface area contributed by atoms with Crippen LogP contribution in [0, 0.1) is 5.92 Å². The maximum absolute atomic E-state index is 11.9. The van der Waals surface area contributed by atoms with Crippen molar-refractivity contribution in [1.29, 1.82) is 0 Å². The van der Waals surface area contributed by atoms with Gasteiger partial charge in [0.2, 0.25) is 0 Å². The van der Waals surface area contributed by atoms with Crippen molar-refractivity contribution in [3.05, 3.63) is 29.8 Å². The summed E-state index contributed by atoms with van der Waals surface area (Å²) < 4.78 is 5.13. The Balaban J connectivity index is 2.71. The van der Waals surface area contributed by atoms with Gasteiger partial charge in [-0.3, -0.25) is 4.79 Å². The summed E-state index contributed by atoms with van der Waals surface area (Å²) in [6.07, 6.45) is 0.867. The number of carbonyl (C=O) groups excluding carboxylic acids is 1. The van der Waals surface area contributed by atoms with Gasteiger partial charge in [0.15, 0.2) is 0 Å². The highest BCUT2D eigenvalue weighted by Gasteiger charge is 2.10. The van der Waals surface area contributed by atoms with Crippen molar-refractivity contribution in [2.75, 3.05) is 7.11 Å². The minimum Gasteiger partial charge on any atom is -0.496 e. The average molecular weight is 248 g/mol. The number of para-hydroxylation sites is 1. The lowest BCUT2D eigenvalue weighted by Crippen LogP contribution is -2.20. The Morgan fingerprint density at radius 1 is 1.39 bits per heavy atom. The molecule has 0 bridgehead atoms. The van der Waals surface area contributed by atoms with E-state index >= 15 is 0 Å². The van der Waals surface area contributed by atoms with Gasteiger partial charge in [-0.15, -0.1) is 0 Å². The van der Waals surface area contributed by atoms with Gasteiger partial charge in [0.1, 0.15) is 5.75 Å². The Kier molecular flexibility index (Phi) is 5.36. The number of amides is 1. The molecule has 0 heterocycles. The van der Waals surface area contributed by atoms with Crippen molar-refractivity contribution in [1.82, 2.24) is 5.43 Å². The molecule has 0 radical (unpaired) electrons. The molecule has 4 heteroatoms. The summed E-state index contributed by atoms with van der Waals surface area (Å²) in [5.74, 6) is 0.819. The molecular weight excluding hydrogens is 228 g/mol. The van der Waals surface area contributed by atoms with Crippen LogP contribution in [-0.4, -0.2) is 18.7 Å². The molecule has 0 saturated heterocycles. The number of hydrogen-bond acceptors (Lipinski definition) is 3. The molecule has 1 aromatic carbocycles. The second kappa shape index (κ2) is 6.79. The van der Waals surface area contributed by atoms with Crippen LogP contribution in [0.4, 0.5) is 0 Å². The number of methoxy groups -OCH3 is 1. The average Bonchev–Trinajstić information content (AvgIpc) is 2.35. The Bertz CT molecular complexity index is 439. The number of benzene rings is 1. The fraction of sp³-hybridized carbons (Fsp3) is 0.429. The van der Waals surface area contributed by atoms with Gasteiger partial charge in [-0.1, -0.05) is 26.0 Å². The van der Waals surface area contributed by atoms with E-state index in [1.54, 1.807) is 25.3 Å². The van der Waals surface area contributed by atoms with Crippen LogP contribution < -0.4 is 10.2 Å². The van der Waals surface area contributed by atoms with E-state index in [4.69, 9.17) is 4.74 Å². The normalized spacial score (nSPS) is 11.5. The van der Waals surface area contributed by atoms with E-state index in [2.05, 4.69) is 24.4 Å². The van der Waals surface area contributed by atoms with E-state index in [1.165, 1.54) is 0 Å². The number of hydrogen-bond donors (Lipinski definition) is 1. The van der Waals surface area contributed by atoms with Gasteiger partial charge in [-0.2, -0.15) is 5.10 Å². The number of nitrogens with one attached hydrogen (secondary N) is 1. The molecule has 1 amide bonds. The van der Waals surface area contributed by atoms with E-state index in [0.717, 1.165) is 12.1 Å². The van der Waals surface area contributed by atoms with Gasteiger partial charge in [0.25, 0.3) is 5.91 Å². The van der Waals surface area contributed by atoms with Gasteiger partial charge >= 0.3 is 0 Å². The quantitative estimate of drug-likeness (QED) is 0.643. The summed E-state index contributed by atoms with van der Waals surface area (Å²) >= 11 is 0. The Labute approximate surface area is 108 Å². The number of nitrogens with zero attached hydrogens (tertiary/aromatic N) is 1. The SMILES string of the molecule is COc1ccccc1C(=O)N/N=C(\C)CC(C)C. The second-order valence-corrected chi connectivity index (χ2v) is 4.59. The number of hydrazone groups is 1. The van der Waals surface area contributed by atoms with Crippen LogP contribution in [0.5, 0.6) is 5.75 Å². The van der Waals surface area contributed by atoms with Crippen LogP contribution in [-0.2, 0) is 0 Å². The summed E-state index contributed by atoms with van der Waals surface area (Å²) in [4.78, 5) is 11.9. The Morgan fingerprint density at radius 2 is 2.06 bits per heavy atom. The maximum Gasteiger partial charge on any atom is 0.275 e. The van der Waals surface area contributed by atoms with Gasteiger partial charge in [0.05, 0.1) is 12.7 Å². The molecule has 0 spiro atoms. The number of ether oxygens (including phenoxy) is 1. The molecule has 98 valence electrons. The van der Waals surface area contributed by atoms with Crippen molar-refractivity contribution in [3.63, 3.8) is 0 Å². The summed E-state index contributed by atoms with van der Waals surface area (Å²) in [6, 6.07) is 7.08. The number of carbonyl (C=O) groups is 1.